The van der Waals surface area contributed by atoms with E-state index >= 15 is 0 Å². The van der Waals surface area contributed by atoms with E-state index in [-0.39, 0.29) is 30.2 Å². The first-order chi connectivity index (χ1) is 15.9. The van der Waals surface area contributed by atoms with Gasteiger partial charge in [-0.25, -0.2) is 9.59 Å². The van der Waals surface area contributed by atoms with Gasteiger partial charge in [0.1, 0.15) is 11.6 Å². The monoisotopic (exact) mass is 471 g/mol. The van der Waals surface area contributed by atoms with Crippen LogP contribution in [-0.4, -0.2) is 68.1 Å². The zero-order valence-electron chi connectivity index (χ0n) is 20.5. The van der Waals surface area contributed by atoms with E-state index in [0.29, 0.717) is 31.6 Å². The molecule has 1 aromatic carbocycles. The van der Waals surface area contributed by atoms with Crippen LogP contribution in [0.15, 0.2) is 23.0 Å². The van der Waals surface area contributed by atoms with Gasteiger partial charge in [-0.3, -0.25) is 28.9 Å². The van der Waals surface area contributed by atoms with Crippen molar-refractivity contribution >= 4 is 28.9 Å². The molecule has 1 unspecified atom stereocenters. The Labute approximate surface area is 198 Å². The third-order valence-corrected chi connectivity index (χ3v) is 6.42. The molecule has 10 heteroatoms. The molecular formula is C24H33N5O5. The van der Waals surface area contributed by atoms with Gasteiger partial charge >= 0.3 is 11.8 Å². The Morgan fingerprint density at radius 2 is 1.88 bits per heavy atom. The minimum atomic E-state index is -0.693. The normalized spacial score (nSPS) is 22.2. The van der Waals surface area contributed by atoms with E-state index in [1.54, 1.807) is 16.5 Å². The molecule has 0 saturated carbocycles. The van der Waals surface area contributed by atoms with Gasteiger partial charge in [0.2, 0.25) is 11.8 Å². The third-order valence-electron chi connectivity index (χ3n) is 6.42. The van der Waals surface area contributed by atoms with Crippen molar-refractivity contribution in [1.82, 2.24) is 24.3 Å². The molecule has 4 rings (SSSR count). The number of imide groups is 1. The highest BCUT2D eigenvalue weighted by Crippen LogP contribution is 2.25. The van der Waals surface area contributed by atoms with Crippen molar-refractivity contribution in [3.05, 3.63) is 34.2 Å². The number of amides is 3. The van der Waals surface area contributed by atoms with E-state index in [4.69, 9.17) is 4.74 Å². The molecule has 2 aliphatic rings. The van der Waals surface area contributed by atoms with Crippen LogP contribution in [0, 0.1) is 0 Å². The van der Waals surface area contributed by atoms with E-state index in [9.17, 15) is 19.2 Å². The molecule has 10 nitrogen and oxygen atoms in total. The van der Waals surface area contributed by atoms with Crippen molar-refractivity contribution in [2.24, 2.45) is 7.05 Å². The molecule has 2 aliphatic heterocycles. The molecule has 2 fully saturated rings. The molecule has 3 amide bonds. The molecule has 1 N–H and O–H groups in total. The van der Waals surface area contributed by atoms with Crippen LogP contribution in [0.2, 0.25) is 0 Å². The number of carbonyl (C=O) groups is 3. The molecule has 0 spiro atoms. The number of aryl methyl sites for hydroxylation is 1. The summed E-state index contributed by atoms with van der Waals surface area (Å²) >= 11 is 0. The second-order valence-electron chi connectivity index (χ2n) is 10.3. The molecule has 0 bridgehead atoms. The summed E-state index contributed by atoms with van der Waals surface area (Å²) < 4.78 is 8.56. The first-order valence-corrected chi connectivity index (χ1v) is 11.7. The Morgan fingerprint density at radius 3 is 2.53 bits per heavy atom. The number of nitrogens with one attached hydrogen (secondary N) is 1. The Morgan fingerprint density at radius 1 is 1.15 bits per heavy atom. The van der Waals surface area contributed by atoms with Crippen LogP contribution < -0.4 is 11.0 Å². The minimum Gasteiger partial charge on any atom is -0.444 e. The van der Waals surface area contributed by atoms with Gasteiger partial charge < -0.3 is 9.64 Å². The van der Waals surface area contributed by atoms with Crippen LogP contribution in [0.25, 0.3) is 11.0 Å². The number of hydrogen-bond donors (Lipinski definition) is 1. The van der Waals surface area contributed by atoms with Gasteiger partial charge in [0.15, 0.2) is 0 Å². The van der Waals surface area contributed by atoms with Crippen LogP contribution in [-0.2, 0) is 27.9 Å². The predicted molar refractivity (Wildman–Crippen MR) is 126 cm³/mol. The summed E-state index contributed by atoms with van der Waals surface area (Å²) in [5, 5.41) is 2.33. The van der Waals surface area contributed by atoms with E-state index < -0.39 is 17.6 Å². The van der Waals surface area contributed by atoms with Crippen molar-refractivity contribution in [1.29, 1.82) is 0 Å². The number of aromatic nitrogens is 2. The molecule has 2 saturated heterocycles. The topological polar surface area (TPSA) is 106 Å². The summed E-state index contributed by atoms with van der Waals surface area (Å²) in [5.74, 6) is -0.746. The maximum atomic E-state index is 13.0. The quantitative estimate of drug-likeness (QED) is 0.684. The minimum absolute atomic E-state index is 0.0188. The van der Waals surface area contributed by atoms with Crippen molar-refractivity contribution in [3.63, 3.8) is 0 Å². The lowest BCUT2D eigenvalue weighted by atomic mass is 10.1. The third kappa shape index (κ3) is 4.72. The Kier molecular flexibility index (Phi) is 6.28. The largest absolute Gasteiger partial charge is 0.444 e. The fraction of sp³-hybridized carbons (Fsp3) is 0.583. The number of benzene rings is 1. The van der Waals surface area contributed by atoms with Crippen molar-refractivity contribution in [2.75, 3.05) is 19.6 Å². The first-order valence-electron chi connectivity index (χ1n) is 11.7. The number of fused-ring (bicyclic) bond motifs is 1. The maximum absolute atomic E-state index is 13.0. The Bertz CT molecular complexity index is 1190. The number of imidazole rings is 1. The summed E-state index contributed by atoms with van der Waals surface area (Å²) in [6, 6.07) is 5.14. The van der Waals surface area contributed by atoms with Crippen molar-refractivity contribution in [2.45, 2.75) is 64.8 Å². The second-order valence-corrected chi connectivity index (χ2v) is 10.3. The van der Waals surface area contributed by atoms with Crippen LogP contribution in [0.3, 0.4) is 0 Å². The zero-order chi connectivity index (χ0) is 24.8. The molecule has 184 valence electrons. The second kappa shape index (κ2) is 8.90. The number of hydrogen-bond acceptors (Lipinski definition) is 6. The van der Waals surface area contributed by atoms with E-state index in [1.807, 2.05) is 45.9 Å². The summed E-state index contributed by atoms with van der Waals surface area (Å²) in [7, 11) is 1.69. The van der Waals surface area contributed by atoms with Crippen LogP contribution in [0.4, 0.5) is 4.79 Å². The van der Waals surface area contributed by atoms with Gasteiger partial charge in [-0.05, 0) is 51.8 Å². The fourth-order valence-electron chi connectivity index (χ4n) is 4.76. The summed E-state index contributed by atoms with van der Waals surface area (Å²) in [6.45, 7) is 10.3. The summed E-state index contributed by atoms with van der Waals surface area (Å²) in [5.41, 5.74) is 1.66. The number of nitrogens with zero attached hydrogens (tertiary/aromatic N) is 4. The van der Waals surface area contributed by atoms with Crippen LogP contribution >= 0.6 is 0 Å². The smallest absolute Gasteiger partial charge is 0.410 e. The molecular weight excluding hydrogens is 438 g/mol. The zero-order valence-corrected chi connectivity index (χ0v) is 20.5. The fourth-order valence-corrected chi connectivity index (χ4v) is 4.76. The average Bonchev–Trinajstić information content (AvgIpc) is 2.97. The summed E-state index contributed by atoms with van der Waals surface area (Å²) in [6.07, 6.45) is 0.238. The van der Waals surface area contributed by atoms with E-state index in [2.05, 4.69) is 10.2 Å². The Balaban J connectivity index is 1.50. The Hall–Kier alpha value is -3.14. The molecule has 34 heavy (non-hydrogen) atoms. The number of piperidine rings is 1. The first kappa shape index (κ1) is 24.0. The highest BCUT2D eigenvalue weighted by molar-refractivity contribution is 6.00. The predicted octanol–water partition coefficient (Wildman–Crippen LogP) is 1.76. The lowest BCUT2D eigenvalue weighted by molar-refractivity contribution is -0.135. The van der Waals surface area contributed by atoms with Crippen molar-refractivity contribution < 1.29 is 19.1 Å². The van der Waals surface area contributed by atoms with E-state index in [0.717, 1.165) is 17.6 Å². The van der Waals surface area contributed by atoms with Gasteiger partial charge in [-0.1, -0.05) is 6.07 Å². The molecule has 0 aliphatic carbocycles. The highest BCUT2D eigenvalue weighted by atomic mass is 16.6. The maximum Gasteiger partial charge on any atom is 0.410 e. The molecule has 2 atom stereocenters. The van der Waals surface area contributed by atoms with Gasteiger partial charge in [-0.15, -0.1) is 0 Å². The van der Waals surface area contributed by atoms with Crippen molar-refractivity contribution in [3.8, 4) is 0 Å². The number of rotatable bonds is 3. The van der Waals surface area contributed by atoms with Crippen LogP contribution in [0.1, 0.15) is 52.1 Å². The lowest BCUT2D eigenvalue weighted by Crippen LogP contribution is -2.54. The van der Waals surface area contributed by atoms with Gasteiger partial charge in [0.05, 0.1) is 11.0 Å². The van der Waals surface area contributed by atoms with E-state index in [1.165, 1.54) is 4.57 Å². The number of ether oxygens (including phenoxy) is 1. The lowest BCUT2D eigenvalue weighted by Gasteiger charge is -2.40. The SMILES string of the molecule is C[C@H]1CN(Cc2ccc3c(c2)n(C)c(=O)n3C2CCC(=O)NC2=O)CCN1C(=O)OC(C)(C)C. The van der Waals surface area contributed by atoms with Gasteiger partial charge in [0.25, 0.3) is 0 Å². The van der Waals surface area contributed by atoms with Gasteiger partial charge in [0, 0.05) is 45.7 Å². The summed E-state index contributed by atoms with van der Waals surface area (Å²) in [4.78, 5) is 53.4. The average molecular weight is 472 g/mol. The standard InChI is InChI=1S/C24H33N5O5/c1-15-13-27(10-11-28(15)23(33)34-24(2,3)4)14-16-6-7-17-19(12-16)26(5)22(32)29(17)18-8-9-20(30)25-21(18)31/h6-7,12,15,18H,8-11,13-14H2,1-5H3,(H,25,30,31)/t15-,18?/m0/s1. The molecule has 2 aromatic rings. The van der Waals surface area contributed by atoms with Gasteiger partial charge in [-0.2, -0.15) is 0 Å². The number of piperazine rings is 1. The van der Waals surface area contributed by atoms with Crippen LogP contribution in [0.5, 0.6) is 0 Å². The number of carbonyl (C=O) groups excluding carboxylic acids is 3. The molecule has 0 radical (unpaired) electrons. The molecule has 1 aromatic heterocycles. The molecule has 3 heterocycles. The highest BCUT2D eigenvalue weighted by Gasteiger charge is 2.32.